The van der Waals surface area contributed by atoms with Gasteiger partial charge in [-0.25, -0.2) is 8.42 Å². The molecule has 124 valence electrons. The smallest absolute Gasteiger partial charge is 0.313 e. The molecule has 23 heavy (non-hydrogen) atoms. The lowest BCUT2D eigenvalue weighted by Crippen LogP contribution is -2.35. The summed E-state index contributed by atoms with van der Waals surface area (Å²) in [6.07, 6.45) is 0.695. The first-order valence-corrected chi connectivity index (χ1v) is 9.27. The van der Waals surface area contributed by atoms with Gasteiger partial charge in [0, 0.05) is 15.9 Å². The molecule has 0 aromatic heterocycles. The molecule has 1 aromatic rings. The number of carboxylic acids is 1. The molecule has 1 N–H and O–H groups in total. The van der Waals surface area contributed by atoms with Crippen molar-refractivity contribution >= 4 is 27.4 Å². The molecule has 1 aromatic carbocycles. The van der Waals surface area contributed by atoms with Crippen molar-refractivity contribution in [2.45, 2.75) is 24.8 Å². The van der Waals surface area contributed by atoms with Crippen molar-refractivity contribution in [3.63, 3.8) is 0 Å². The van der Waals surface area contributed by atoms with Crippen molar-refractivity contribution < 1.29 is 18.3 Å². The number of hydrogen-bond acceptors (Lipinski definition) is 4. The molecule has 0 saturated carbocycles. The number of aliphatic carboxylic acids is 1. The Morgan fingerprint density at radius 1 is 1.30 bits per heavy atom. The van der Waals surface area contributed by atoms with Crippen LogP contribution in [0.4, 0.5) is 0 Å². The Hall–Kier alpha value is -1.76. The zero-order valence-corrected chi connectivity index (χ0v) is 13.7. The van der Waals surface area contributed by atoms with Crippen molar-refractivity contribution in [1.82, 2.24) is 0 Å². The van der Waals surface area contributed by atoms with Gasteiger partial charge in [0.05, 0.1) is 11.5 Å². The van der Waals surface area contributed by atoms with E-state index >= 15 is 0 Å². The van der Waals surface area contributed by atoms with Crippen LogP contribution in [-0.2, 0) is 14.6 Å². The van der Waals surface area contributed by atoms with E-state index in [0.29, 0.717) is 23.4 Å². The van der Waals surface area contributed by atoms with E-state index in [1.165, 1.54) is 0 Å². The van der Waals surface area contributed by atoms with Crippen molar-refractivity contribution in [3.8, 4) is 0 Å². The van der Waals surface area contributed by atoms with Crippen LogP contribution in [0.15, 0.2) is 29.4 Å². The zero-order valence-electron chi connectivity index (χ0n) is 12.2. The lowest BCUT2D eigenvalue weighted by atomic mass is 9.78. The largest absolute Gasteiger partial charge is 0.481 e. The number of halogens is 1. The van der Waals surface area contributed by atoms with Gasteiger partial charge in [-0.3, -0.25) is 4.79 Å². The Morgan fingerprint density at radius 3 is 2.35 bits per heavy atom. The van der Waals surface area contributed by atoms with Crippen LogP contribution in [0.25, 0.3) is 10.4 Å². The number of azide groups is 1. The van der Waals surface area contributed by atoms with E-state index in [9.17, 15) is 18.3 Å². The average molecular weight is 358 g/mol. The summed E-state index contributed by atoms with van der Waals surface area (Å²) in [5.74, 6) is -1.96. The van der Waals surface area contributed by atoms with E-state index in [1.807, 2.05) is 0 Å². The topological polar surface area (TPSA) is 120 Å². The summed E-state index contributed by atoms with van der Waals surface area (Å²) >= 11 is 5.87. The summed E-state index contributed by atoms with van der Waals surface area (Å²) in [5, 5.41) is 13.4. The van der Waals surface area contributed by atoms with Gasteiger partial charge in [0.25, 0.3) is 0 Å². The van der Waals surface area contributed by atoms with E-state index < -0.39 is 27.8 Å². The SMILES string of the molecule is [N-]=[N+]=NC(C(=O)O)C(c1ccc(Cl)cc1)C1CCS(=O)(=O)CC1. The summed E-state index contributed by atoms with van der Waals surface area (Å²) in [4.78, 5) is 14.2. The number of carbonyl (C=O) groups is 1. The molecule has 7 nitrogen and oxygen atoms in total. The first-order valence-electron chi connectivity index (χ1n) is 7.07. The van der Waals surface area contributed by atoms with Crippen LogP contribution in [0, 0.1) is 5.92 Å². The van der Waals surface area contributed by atoms with Crippen LogP contribution in [0.5, 0.6) is 0 Å². The molecule has 1 saturated heterocycles. The van der Waals surface area contributed by atoms with Crippen LogP contribution in [0.1, 0.15) is 24.3 Å². The van der Waals surface area contributed by atoms with Gasteiger partial charge in [-0.2, -0.15) is 0 Å². The minimum Gasteiger partial charge on any atom is -0.481 e. The van der Waals surface area contributed by atoms with Crippen LogP contribution in [-0.4, -0.2) is 37.0 Å². The Bertz CT molecular complexity index is 713. The quantitative estimate of drug-likeness (QED) is 0.494. The van der Waals surface area contributed by atoms with Crippen molar-refractivity contribution in [3.05, 3.63) is 45.3 Å². The van der Waals surface area contributed by atoms with Gasteiger partial charge in [0.1, 0.15) is 15.9 Å². The number of sulfone groups is 1. The van der Waals surface area contributed by atoms with E-state index in [-0.39, 0.29) is 17.4 Å². The minimum atomic E-state index is -3.07. The van der Waals surface area contributed by atoms with Gasteiger partial charge in [0.2, 0.25) is 0 Å². The van der Waals surface area contributed by atoms with Crippen molar-refractivity contribution in [2.24, 2.45) is 11.0 Å². The fourth-order valence-electron chi connectivity index (χ4n) is 3.00. The zero-order chi connectivity index (χ0) is 17.0. The maximum atomic E-state index is 11.6. The van der Waals surface area contributed by atoms with E-state index in [4.69, 9.17) is 17.1 Å². The third-order valence-corrected chi connectivity index (χ3v) is 6.10. The number of rotatable bonds is 5. The molecule has 1 heterocycles. The summed E-state index contributed by atoms with van der Waals surface area (Å²) in [6.45, 7) is 0. The standard InChI is InChI=1S/C14H16ClN3O4S/c15-11-3-1-9(2-4-11)12(13(14(19)20)17-18-16)10-5-7-23(21,22)8-6-10/h1-4,10,12-13H,5-8H2,(H,19,20). The average Bonchev–Trinajstić information content (AvgIpc) is 2.49. The van der Waals surface area contributed by atoms with Gasteiger partial charge in [-0.05, 0) is 42.0 Å². The predicted molar refractivity (Wildman–Crippen MR) is 86.1 cm³/mol. The predicted octanol–water partition coefficient (Wildman–Crippen LogP) is 3.01. The molecule has 2 unspecified atom stereocenters. The lowest BCUT2D eigenvalue weighted by molar-refractivity contribution is -0.139. The lowest BCUT2D eigenvalue weighted by Gasteiger charge is -2.32. The highest BCUT2D eigenvalue weighted by Crippen LogP contribution is 2.38. The number of carboxylic acid groups (broad SMARTS) is 1. The Morgan fingerprint density at radius 2 is 1.87 bits per heavy atom. The monoisotopic (exact) mass is 357 g/mol. The molecule has 2 rings (SSSR count). The highest BCUT2D eigenvalue weighted by Gasteiger charge is 2.38. The third kappa shape index (κ3) is 4.37. The van der Waals surface area contributed by atoms with E-state index in [0.717, 1.165) is 0 Å². The second kappa shape index (κ2) is 7.21. The summed E-state index contributed by atoms with van der Waals surface area (Å²) < 4.78 is 23.2. The van der Waals surface area contributed by atoms with Crippen LogP contribution < -0.4 is 0 Å². The third-order valence-electron chi connectivity index (χ3n) is 4.13. The second-order valence-corrected chi connectivity index (χ2v) is 8.29. The number of nitrogens with zero attached hydrogens (tertiary/aromatic N) is 3. The minimum absolute atomic E-state index is 0.0182. The molecule has 0 spiro atoms. The molecule has 1 fully saturated rings. The Kier molecular flexibility index (Phi) is 5.51. The molecular formula is C14H16ClN3O4S. The highest BCUT2D eigenvalue weighted by molar-refractivity contribution is 7.91. The molecule has 1 aliphatic heterocycles. The van der Waals surface area contributed by atoms with Crippen LogP contribution in [0.2, 0.25) is 5.02 Å². The Balaban J connectivity index is 2.40. The van der Waals surface area contributed by atoms with Gasteiger partial charge in [-0.1, -0.05) is 28.8 Å². The van der Waals surface area contributed by atoms with E-state index in [1.54, 1.807) is 24.3 Å². The van der Waals surface area contributed by atoms with E-state index in [2.05, 4.69) is 10.0 Å². The fourth-order valence-corrected chi connectivity index (χ4v) is 4.65. The molecule has 0 radical (unpaired) electrons. The van der Waals surface area contributed by atoms with Crippen molar-refractivity contribution in [1.29, 1.82) is 0 Å². The highest BCUT2D eigenvalue weighted by atomic mass is 35.5. The van der Waals surface area contributed by atoms with Crippen LogP contribution >= 0.6 is 11.6 Å². The second-order valence-electron chi connectivity index (χ2n) is 5.55. The fraction of sp³-hybridized carbons (Fsp3) is 0.500. The number of hydrogen-bond donors (Lipinski definition) is 1. The normalized spacial score (nSPS) is 20.2. The first-order chi connectivity index (χ1) is 10.8. The first kappa shape index (κ1) is 17.6. The summed E-state index contributed by atoms with van der Waals surface area (Å²) in [7, 11) is -3.07. The van der Waals surface area contributed by atoms with Gasteiger partial charge >= 0.3 is 5.97 Å². The molecule has 0 amide bonds. The molecular weight excluding hydrogens is 342 g/mol. The maximum Gasteiger partial charge on any atom is 0.313 e. The summed E-state index contributed by atoms with van der Waals surface area (Å²) in [6, 6.07) is 5.38. The molecule has 0 bridgehead atoms. The molecule has 2 atom stereocenters. The summed E-state index contributed by atoms with van der Waals surface area (Å²) in [5.41, 5.74) is 9.36. The molecule has 0 aliphatic carbocycles. The molecule has 1 aliphatic rings. The van der Waals surface area contributed by atoms with Gasteiger partial charge in [0.15, 0.2) is 0 Å². The van der Waals surface area contributed by atoms with Crippen LogP contribution in [0.3, 0.4) is 0 Å². The maximum absolute atomic E-state index is 11.6. The van der Waals surface area contributed by atoms with Gasteiger partial charge in [-0.15, -0.1) is 0 Å². The molecule has 9 heteroatoms. The Labute approximate surface area is 138 Å². The van der Waals surface area contributed by atoms with Gasteiger partial charge < -0.3 is 5.11 Å². The number of benzene rings is 1. The van der Waals surface area contributed by atoms with Crippen molar-refractivity contribution in [2.75, 3.05) is 11.5 Å².